The Hall–Kier alpha value is -1.22. The van der Waals surface area contributed by atoms with Crippen molar-refractivity contribution in [3.8, 4) is 5.75 Å². The predicted octanol–water partition coefficient (Wildman–Crippen LogP) is 2.73. The zero-order valence-corrected chi connectivity index (χ0v) is 12.5. The highest BCUT2D eigenvalue weighted by molar-refractivity contribution is 5.63. The lowest BCUT2D eigenvalue weighted by Crippen LogP contribution is -2.37. The minimum atomic E-state index is 0.0947. The Morgan fingerprint density at radius 3 is 2.39 bits per heavy atom. The van der Waals surface area contributed by atoms with E-state index in [9.17, 15) is 0 Å². The van der Waals surface area contributed by atoms with Gasteiger partial charge in [0.05, 0.1) is 12.8 Å². The molecule has 0 atom stereocenters. The molecule has 0 aliphatic heterocycles. The van der Waals surface area contributed by atoms with Crippen LogP contribution in [0.2, 0.25) is 0 Å². The molecule has 2 N–H and O–H groups in total. The van der Waals surface area contributed by atoms with Crippen molar-refractivity contribution < 1.29 is 4.74 Å². The number of ether oxygens (including phenoxy) is 1. The second-order valence-electron chi connectivity index (χ2n) is 5.86. The molecule has 0 aliphatic carbocycles. The molecular formula is C15H26N2O. The molecule has 0 unspecified atom stereocenters. The van der Waals surface area contributed by atoms with Crippen molar-refractivity contribution >= 4 is 5.69 Å². The Labute approximate surface area is 111 Å². The average Bonchev–Trinajstić information content (AvgIpc) is 2.27. The maximum absolute atomic E-state index is 5.81. The predicted molar refractivity (Wildman–Crippen MR) is 78.6 cm³/mol. The van der Waals surface area contributed by atoms with Crippen LogP contribution in [0.3, 0.4) is 0 Å². The Morgan fingerprint density at radius 1 is 1.28 bits per heavy atom. The van der Waals surface area contributed by atoms with Crippen LogP contribution in [0.1, 0.15) is 25.0 Å². The Balaban J connectivity index is 3.08. The Morgan fingerprint density at radius 2 is 1.89 bits per heavy atom. The molecule has 1 rings (SSSR count). The van der Waals surface area contributed by atoms with Crippen LogP contribution in [-0.2, 0) is 0 Å². The van der Waals surface area contributed by atoms with E-state index in [0.717, 1.165) is 18.0 Å². The molecule has 3 nitrogen and oxygen atoms in total. The van der Waals surface area contributed by atoms with E-state index in [4.69, 9.17) is 10.5 Å². The van der Waals surface area contributed by atoms with Crippen molar-refractivity contribution in [3.63, 3.8) is 0 Å². The van der Waals surface area contributed by atoms with Gasteiger partial charge < -0.3 is 15.4 Å². The zero-order valence-electron chi connectivity index (χ0n) is 12.5. The van der Waals surface area contributed by atoms with Gasteiger partial charge in [0.1, 0.15) is 5.75 Å². The molecule has 18 heavy (non-hydrogen) atoms. The molecule has 0 aliphatic rings. The van der Waals surface area contributed by atoms with Crippen LogP contribution in [0.5, 0.6) is 5.75 Å². The van der Waals surface area contributed by atoms with Crippen molar-refractivity contribution in [1.82, 2.24) is 0 Å². The number of rotatable bonds is 5. The standard InChI is InChI=1S/C15H26N2O/c1-11-7-12(2)14(18-6)13(8-11)17(5)10-15(3,4)9-16/h7-8H,9-10,16H2,1-6H3. The molecule has 0 aromatic heterocycles. The monoisotopic (exact) mass is 250 g/mol. The molecule has 0 fully saturated rings. The van der Waals surface area contributed by atoms with Crippen molar-refractivity contribution in [1.29, 1.82) is 0 Å². The Kier molecular flexibility index (Phi) is 4.63. The van der Waals surface area contributed by atoms with Gasteiger partial charge in [0.2, 0.25) is 0 Å². The number of benzene rings is 1. The maximum Gasteiger partial charge on any atom is 0.145 e. The third-order valence-corrected chi connectivity index (χ3v) is 3.23. The smallest absolute Gasteiger partial charge is 0.145 e. The van der Waals surface area contributed by atoms with E-state index in [1.807, 2.05) is 0 Å². The summed E-state index contributed by atoms with van der Waals surface area (Å²) in [5.74, 6) is 0.955. The summed E-state index contributed by atoms with van der Waals surface area (Å²) in [5, 5.41) is 0. The quantitative estimate of drug-likeness (QED) is 0.873. The minimum absolute atomic E-state index is 0.0947. The summed E-state index contributed by atoms with van der Waals surface area (Å²) in [5.41, 5.74) is 9.46. The lowest BCUT2D eigenvalue weighted by atomic mass is 9.93. The van der Waals surface area contributed by atoms with Crippen molar-refractivity contribution in [2.45, 2.75) is 27.7 Å². The van der Waals surface area contributed by atoms with Gasteiger partial charge in [0.15, 0.2) is 0 Å². The third-order valence-electron chi connectivity index (χ3n) is 3.23. The summed E-state index contributed by atoms with van der Waals surface area (Å²) in [6.07, 6.45) is 0. The first-order valence-electron chi connectivity index (χ1n) is 6.37. The number of aryl methyl sites for hydroxylation is 2. The van der Waals surface area contributed by atoms with Gasteiger partial charge in [-0.25, -0.2) is 0 Å². The van der Waals surface area contributed by atoms with Gasteiger partial charge in [-0.1, -0.05) is 19.9 Å². The van der Waals surface area contributed by atoms with Crippen LogP contribution < -0.4 is 15.4 Å². The molecule has 3 heteroatoms. The van der Waals surface area contributed by atoms with Gasteiger partial charge in [-0.15, -0.1) is 0 Å². The summed E-state index contributed by atoms with van der Waals surface area (Å²) in [6, 6.07) is 4.31. The van der Waals surface area contributed by atoms with Crippen molar-refractivity contribution in [3.05, 3.63) is 23.3 Å². The molecule has 0 saturated carbocycles. The molecule has 1 aromatic rings. The second kappa shape index (κ2) is 5.61. The number of hydrogen-bond acceptors (Lipinski definition) is 3. The summed E-state index contributed by atoms with van der Waals surface area (Å²) < 4.78 is 5.53. The van der Waals surface area contributed by atoms with Gasteiger partial charge in [0.25, 0.3) is 0 Å². The first kappa shape index (κ1) is 14.8. The van der Waals surface area contributed by atoms with Crippen LogP contribution >= 0.6 is 0 Å². The van der Waals surface area contributed by atoms with Gasteiger partial charge in [-0.3, -0.25) is 0 Å². The lowest BCUT2D eigenvalue weighted by molar-refractivity contribution is 0.379. The van der Waals surface area contributed by atoms with Gasteiger partial charge in [-0.05, 0) is 43.0 Å². The highest BCUT2D eigenvalue weighted by Gasteiger charge is 2.20. The first-order chi connectivity index (χ1) is 8.30. The number of methoxy groups -OCH3 is 1. The highest BCUT2D eigenvalue weighted by Crippen LogP contribution is 2.33. The largest absolute Gasteiger partial charge is 0.494 e. The second-order valence-corrected chi connectivity index (χ2v) is 5.86. The van der Waals surface area contributed by atoms with Crippen LogP contribution in [0.25, 0.3) is 0 Å². The summed E-state index contributed by atoms with van der Waals surface area (Å²) in [4.78, 5) is 2.23. The normalized spacial score (nSPS) is 11.5. The average molecular weight is 250 g/mol. The topological polar surface area (TPSA) is 38.5 Å². The third kappa shape index (κ3) is 3.39. The van der Waals surface area contributed by atoms with Gasteiger partial charge in [-0.2, -0.15) is 0 Å². The van der Waals surface area contributed by atoms with E-state index in [2.05, 4.69) is 51.8 Å². The summed E-state index contributed by atoms with van der Waals surface area (Å²) in [6.45, 7) is 10.1. The van der Waals surface area contributed by atoms with Crippen molar-refractivity contribution in [2.75, 3.05) is 32.1 Å². The molecule has 0 bridgehead atoms. The van der Waals surface area contributed by atoms with Gasteiger partial charge in [0, 0.05) is 13.6 Å². The summed E-state index contributed by atoms with van der Waals surface area (Å²) in [7, 11) is 3.82. The molecule has 0 heterocycles. The summed E-state index contributed by atoms with van der Waals surface area (Å²) >= 11 is 0. The zero-order chi connectivity index (χ0) is 13.9. The van der Waals surface area contributed by atoms with Crippen molar-refractivity contribution in [2.24, 2.45) is 11.1 Å². The fourth-order valence-electron chi connectivity index (χ4n) is 2.27. The van der Waals surface area contributed by atoms with Crippen LogP contribution in [0, 0.1) is 19.3 Å². The van der Waals surface area contributed by atoms with Crippen LogP contribution in [-0.4, -0.2) is 27.2 Å². The first-order valence-corrected chi connectivity index (χ1v) is 6.37. The lowest BCUT2D eigenvalue weighted by Gasteiger charge is -2.31. The van der Waals surface area contributed by atoms with Crippen LogP contribution in [0.4, 0.5) is 5.69 Å². The Bertz CT molecular complexity index is 413. The fraction of sp³-hybridized carbons (Fsp3) is 0.600. The van der Waals surface area contributed by atoms with E-state index in [0.29, 0.717) is 6.54 Å². The number of nitrogens with two attached hydrogens (primary N) is 1. The molecule has 0 amide bonds. The van der Waals surface area contributed by atoms with Crippen LogP contribution in [0.15, 0.2) is 12.1 Å². The molecule has 1 aromatic carbocycles. The number of hydrogen-bond donors (Lipinski definition) is 1. The molecule has 0 saturated heterocycles. The van der Waals surface area contributed by atoms with E-state index in [1.165, 1.54) is 11.1 Å². The number of nitrogens with zero attached hydrogens (tertiary/aromatic N) is 1. The minimum Gasteiger partial charge on any atom is -0.494 e. The van der Waals surface area contributed by atoms with E-state index >= 15 is 0 Å². The SMILES string of the molecule is COc1c(C)cc(C)cc1N(C)CC(C)(C)CN. The maximum atomic E-state index is 5.81. The van der Waals surface area contributed by atoms with E-state index in [1.54, 1.807) is 7.11 Å². The van der Waals surface area contributed by atoms with E-state index in [-0.39, 0.29) is 5.41 Å². The van der Waals surface area contributed by atoms with Gasteiger partial charge >= 0.3 is 0 Å². The molecular weight excluding hydrogens is 224 g/mol. The molecule has 102 valence electrons. The molecule has 0 spiro atoms. The fourth-order valence-corrected chi connectivity index (χ4v) is 2.27. The molecule has 0 radical (unpaired) electrons. The van der Waals surface area contributed by atoms with E-state index < -0.39 is 0 Å². The highest BCUT2D eigenvalue weighted by atomic mass is 16.5. The number of anilines is 1.